The fraction of sp³-hybridized carbons (Fsp3) is 0.600. The number of benzene rings is 1. The van der Waals surface area contributed by atoms with E-state index in [1.807, 2.05) is 0 Å². The van der Waals surface area contributed by atoms with Crippen LogP contribution in [-0.2, 0) is 6.54 Å². The Kier molecular flexibility index (Phi) is 3.06. The minimum Gasteiger partial charge on any atom is -0.367 e. The zero-order chi connectivity index (χ0) is 11.7. The molecule has 1 saturated carbocycles. The second-order valence-electron chi connectivity index (χ2n) is 5.47. The minimum absolute atomic E-state index is 0.760. The summed E-state index contributed by atoms with van der Waals surface area (Å²) in [4.78, 5) is 2.66. The maximum Gasteiger partial charge on any atom is 0.0414 e. The third-order valence-corrected chi connectivity index (χ3v) is 4.36. The van der Waals surface area contributed by atoms with Crippen molar-refractivity contribution in [2.24, 2.45) is 5.92 Å². The number of anilines is 1. The molecule has 2 aliphatic rings. The lowest BCUT2D eigenvalue weighted by molar-refractivity contribution is 0.483. The molecular formula is C15H22N2. The Morgan fingerprint density at radius 1 is 1.24 bits per heavy atom. The zero-order valence-electron chi connectivity index (χ0n) is 10.7. The van der Waals surface area contributed by atoms with Gasteiger partial charge in [-0.3, -0.25) is 0 Å². The fourth-order valence-corrected chi connectivity index (χ4v) is 3.42. The molecule has 2 heteroatoms. The molecule has 2 atom stereocenters. The highest BCUT2D eigenvalue weighted by Gasteiger charge is 2.30. The Hall–Kier alpha value is -1.02. The van der Waals surface area contributed by atoms with Crippen molar-refractivity contribution in [3.05, 3.63) is 29.8 Å². The second-order valence-corrected chi connectivity index (χ2v) is 5.47. The highest BCUT2D eigenvalue weighted by atomic mass is 15.2. The number of hydrogen-bond acceptors (Lipinski definition) is 2. The van der Waals surface area contributed by atoms with E-state index in [1.54, 1.807) is 0 Å². The Bertz CT molecular complexity index is 388. The van der Waals surface area contributed by atoms with Crippen molar-refractivity contribution >= 4 is 5.69 Å². The van der Waals surface area contributed by atoms with Gasteiger partial charge >= 0.3 is 0 Å². The standard InChI is InChI=1S/C15H22N2/c1-12-5-4-8-14(12)17-10-9-16-11-13-6-2-3-7-15(13)17/h2-3,6-7,12,14,16H,4-5,8-11H2,1H3. The molecule has 92 valence electrons. The molecule has 0 radical (unpaired) electrons. The van der Waals surface area contributed by atoms with Gasteiger partial charge in [0.05, 0.1) is 0 Å². The molecule has 1 N–H and O–H groups in total. The minimum atomic E-state index is 0.760. The SMILES string of the molecule is CC1CCCC1N1CCNCc2ccccc21. The van der Waals surface area contributed by atoms with Gasteiger partial charge in [-0.2, -0.15) is 0 Å². The van der Waals surface area contributed by atoms with Crippen LogP contribution in [0.5, 0.6) is 0 Å². The molecule has 0 spiro atoms. The van der Waals surface area contributed by atoms with Crippen molar-refractivity contribution in [3.63, 3.8) is 0 Å². The first-order valence-corrected chi connectivity index (χ1v) is 6.91. The fourth-order valence-electron chi connectivity index (χ4n) is 3.42. The van der Waals surface area contributed by atoms with Crippen LogP contribution >= 0.6 is 0 Å². The van der Waals surface area contributed by atoms with E-state index < -0.39 is 0 Å². The molecule has 1 aliphatic carbocycles. The summed E-state index contributed by atoms with van der Waals surface area (Å²) in [7, 11) is 0. The van der Waals surface area contributed by atoms with Crippen LogP contribution in [0.3, 0.4) is 0 Å². The first kappa shape index (κ1) is 11.1. The lowest BCUT2D eigenvalue weighted by atomic mass is 10.0. The average Bonchev–Trinajstić information content (AvgIpc) is 2.66. The molecule has 17 heavy (non-hydrogen) atoms. The van der Waals surface area contributed by atoms with Crippen molar-refractivity contribution in [1.29, 1.82) is 0 Å². The largest absolute Gasteiger partial charge is 0.367 e. The maximum atomic E-state index is 3.53. The van der Waals surface area contributed by atoms with E-state index in [0.717, 1.165) is 31.6 Å². The predicted molar refractivity (Wildman–Crippen MR) is 72.3 cm³/mol. The lowest BCUT2D eigenvalue weighted by Crippen LogP contribution is -2.39. The van der Waals surface area contributed by atoms with Gasteiger partial charge in [0.25, 0.3) is 0 Å². The molecule has 0 amide bonds. The summed E-state index contributed by atoms with van der Waals surface area (Å²) in [6, 6.07) is 9.66. The molecule has 0 aromatic heterocycles. The van der Waals surface area contributed by atoms with Gasteiger partial charge in [-0.05, 0) is 30.4 Å². The van der Waals surface area contributed by atoms with E-state index in [1.165, 1.54) is 30.5 Å². The maximum absolute atomic E-state index is 3.53. The van der Waals surface area contributed by atoms with Crippen molar-refractivity contribution in [2.45, 2.75) is 38.8 Å². The van der Waals surface area contributed by atoms with E-state index in [4.69, 9.17) is 0 Å². The predicted octanol–water partition coefficient (Wildman–Crippen LogP) is 2.78. The number of hydrogen-bond donors (Lipinski definition) is 1. The lowest BCUT2D eigenvalue weighted by Gasteiger charge is -2.33. The van der Waals surface area contributed by atoms with E-state index in [9.17, 15) is 0 Å². The first-order chi connectivity index (χ1) is 8.36. The highest BCUT2D eigenvalue weighted by molar-refractivity contribution is 5.55. The quantitative estimate of drug-likeness (QED) is 0.798. The Balaban J connectivity index is 1.93. The van der Waals surface area contributed by atoms with Gasteiger partial charge in [-0.25, -0.2) is 0 Å². The van der Waals surface area contributed by atoms with Crippen LogP contribution in [0.4, 0.5) is 5.69 Å². The van der Waals surface area contributed by atoms with Crippen LogP contribution in [0.1, 0.15) is 31.7 Å². The van der Waals surface area contributed by atoms with Crippen molar-refractivity contribution < 1.29 is 0 Å². The second kappa shape index (κ2) is 4.69. The van der Waals surface area contributed by atoms with E-state index >= 15 is 0 Å². The monoisotopic (exact) mass is 230 g/mol. The van der Waals surface area contributed by atoms with Crippen LogP contribution < -0.4 is 10.2 Å². The molecular weight excluding hydrogens is 208 g/mol. The molecule has 2 nitrogen and oxygen atoms in total. The topological polar surface area (TPSA) is 15.3 Å². The van der Waals surface area contributed by atoms with Gasteiger partial charge in [0.2, 0.25) is 0 Å². The summed E-state index contributed by atoms with van der Waals surface area (Å²) in [5.74, 6) is 0.848. The zero-order valence-corrected chi connectivity index (χ0v) is 10.7. The van der Waals surface area contributed by atoms with Gasteiger partial charge in [0, 0.05) is 31.4 Å². The molecule has 0 saturated heterocycles. The molecule has 1 aliphatic heterocycles. The summed E-state index contributed by atoms with van der Waals surface area (Å²) in [5.41, 5.74) is 2.93. The summed E-state index contributed by atoms with van der Waals surface area (Å²) in [6.07, 6.45) is 4.17. The van der Waals surface area contributed by atoms with Crippen LogP contribution in [0.2, 0.25) is 0 Å². The van der Waals surface area contributed by atoms with E-state index in [2.05, 4.69) is 41.4 Å². The third kappa shape index (κ3) is 2.06. The van der Waals surface area contributed by atoms with Crippen molar-refractivity contribution in [2.75, 3.05) is 18.0 Å². The molecule has 3 rings (SSSR count). The third-order valence-electron chi connectivity index (χ3n) is 4.36. The number of fused-ring (bicyclic) bond motifs is 1. The smallest absolute Gasteiger partial charge is 0.0414 e. The Labute approximate surface area is 104 Å². The molecule has 0 bridgehead atoms. The Morgan fingerprint density at radius 3 is 2.94 bits per heavy atom. The molecule has 1 fully saturated rings. The van der Waals surface area contributed by atoms with Crippen LogP contribution in [0.15, 0.2) is 24.3 Å². The Morgan fingerprint density at radius 2 is 2.12 bits per heavy atom. The van der Waals surface area contributed by atoms with Gasteiger partial charge in [0.1, 0.15) is 0 Å². The molecule has 2 unspecified atom stereocenters. The van der Waals surface area contributed by atoms with Crippen LogP contribution in [0.25, 0.3) is 0 Å². The van der Waals surface area contributed by atoms with Gasteiger partial charge < -0.3 is 10.2 Å². The molecule has 1 aromatic carbocycles. The van der Waals surface area contributed by atoms with E-state index in [0.29, 0.717) is 0 Å². The van der Waals surface area contributed by atoms with Gasteiger partial charge in [0.15, 0.2) is 0 Å². The van der Waals surface area contributed by atoms with Crippen molar-refractivity contribution in [3.8, 4) is 0 Å². The summed E-state index contributed by atoms with van der Waals surface area (Å²) < 4.78 is 0. The van der Waals surface area contributed by atoms with Gasteiger partial charge in [-0.1, -0.05) is 31.5 Å². The molecule has 1 aromatic rings. The summed E-state index contributed by atoms with van der Waals surface area (Å²) in [6.45, 7) is 5.70. The normalized spacial score (nSPS) is 28.9. The molecule has 1 heterocycles. The van der Waals surface area contributed by atoms with E-state index in [-0.39, 0.29) is 0 Å². The average molecular weight is 230 g/mol. The highest BCUT2D eigenvalue weighted by Crippen LogP contribution is 2.34. The number of nitrogens with one attached hydrogen (secondary N) is 1. The first-order valence-electron chi connectivity index (χ1n) is 6.91. The number of para-hydroxylation sites is 1. The van der Waals surface area contributed by atoms with Gasteiger partial charge in [-0.15, -0.1) is 0 Å². The van der Waals surface area contributed by atoms with Crippen molar-refractivity contribution in [1.82, 2.24) is 5.32 Å². The summed E-state index contributed by atoms with van der Waals surface area (Å²) in [5, 5.41) is 3.53. The number of rotatable bonds is 1. The number of nitrogens with zero attached hydrogens (tertiary/aromatic N) is 1. The summed E-state index contributed by atoms with van der Waals surface area (Å²) >= 11 is 0. The van der Waals surface area contributed by atoms with Crippen LogP contribution in [0, 0.1) is 5.92 Å². The van der Waals surface area contributed by atoms with Crippen LogP contribution in [-0.4, -0.2) is 19.1 Å².